The quantitative estimate of drug-likeness (QED) is 0.778. The molecule has 2 rings (SSSR count). The van der Waals surface area contributed by atoms with E-state index in [2.05, 4.69) is 4.98 Å². The van der Waals surface area contributed by atoms with Gasteiger partial charge in [0.2, 0.25) is 0 Å². The third-order valence-corrected chi connectivity index (χ3v) is 2.70. The third-order valence-electron chi connectivity index (χ3n) is 2.24. The van der Waals surface area contributed by atoms with Crippen molar-refractivity contribution in [3.63, 3.8) is 0 Å². The van der Waals surface area contributed by atoms with Crippen molar-refractivity contribution in [2.24, 2.45) is 0 Å². The van der Waals surface area contributed by atoms with Crippen molar-refractivity contribution in [2.75, 3.05) is 0 Å². The average Bonchev–Trinajstić information content (AvgIpc) is 2.32. The summed E-state index contributed by atoms with van der Waals surface area (Å²) in [6.45, 7) is 1.07. The Morgan fingerprint density at radius 1 is 0.941 bits per heavy atom. The van der Waals surface area contributed by atoms with E-state index >= 15 is 0 Å². The minimum atomic E-state index is 0.484. The molecule has 88 valence electrons. The Kier molecular flexibility index (Phi) is 4.37. The maximum Gasteiger partial charge on any atom is 0.129 e. The van der Waals surface area contributed by atoms with Gasteiger partial charge in [0.25, 0.3) is 0 Å². The summed E-state index contributed by atoms with van der Waals surface area (Å²) < 4.78 is 5.57. The van der Waals surface area contributed by atoms with Gasteiger partial charge in [0.05, 0.1) is 13.2 Å². The Labute approximate surface area is 110 Å². The van der Waals surface area contributed by atoms with Crippen molar-refractivity contribution >= 4 is 23.2 Å². The van der Waals surface area contributed by atoms with Crippen LogP contribution < -0.4 is 0 Å². The molecule has 17 heavy (non-hydrogen) atoms. The van der Waals surface area contributed by atoms with Gasteiger partial charge in [-0.15, -0.1) is 0 Å². The standard InChI is InChI=1S/C13H11Cl2NO/c14-12-3-1-10(2-4-12)8-17-9-11-5-6-16-13(15)7-11/h1-7H,8-9H2. The summed E-state index contributed by atoms with van der Waals surface area (Å²) in [7, 11) is 0. The molecule has 2 nitrogen and oxygen atoms in total. The number of nitrogens with zero attached hydrogens (tertiary/aromatic N) is 1. The molecule has 0 aliphatic carbocycles. The van der Waals surface area contributed by atoms with Crippen LogP contribution in [0.4, 0.5) is 0 Å². The lowest BCUT2D eigenvalue weighted by Crippen LogP contribution is -1.94. The zero-order valence-electron chi connectivity index (χ0n) is 9.07. The van der Waals surface area contributed by atoms with E-state index in [0.29, 0.717) is 18.4 Å². The largest absolute Gasteiger partial charge is 0.372 e. The highest BCUT2D eigenvalue weighted by Gasteiger charge is 1.97. The Bertz CT molecular complexity index is 485. The zero-order valence-corrected chi connectivity index (χ0v) is 10.6. The fraction of sp³-hybridized carbons (Fsp3) is 0.154. The fourth-order valence-corrected chi connectivity index (χ4v) is 1.72. The second-order valence-electron chi connectivity index (χ2n) is 3.61. The van der Waals surface area contributed by atoms with Crippen LogP contribution in [0.15, 0.2) is 42.6 Å². The number of hydrogen-bond acceptors (Lipinski definition) is 2. The maximum absolute atomic E-state index is 5.80. The minimum absolute atomic E-state index is 0.484. The van der Waals surface area contributed by atoms with E-state index in [4.69, 9.17) is 27.9 Å². The predicted molar refractivity (Wildman–Crippen MR) is 69.2 cm³/mol. The van der Waals surface area contributed by atoms with Crippen molar-refractivity contribution in [3.05, 3.63) is 63.9 Å². The highest BCUT2D eigenvalue weighted by atomic mass is 35.5. The van der Waals surface area contributed by atoms with Gasteiger partial charge >= 0.3 is 0 Å². The highest BCUT2D eigenvalue weighted by molar-refractivity contribution is 6.30. The number of benzene rings is 1. The fourth-order valence-electron chi connectivity index (χ4n) is 1.40. The first-order chi connectivity index (χ1) is 8.24. The van der Waals surface area contributed by atoms with Gasteiger partial charge < -0.3 is 4.74 Å². The lowest BCUT2D eigenvalue weighted by molar-refractivity contribution is 0.107. The molecule has 4 heteroatoms. The van der Waals surface area contributed by atoms with E-state index < -0.39 is 0 Å². The summed E-state index contributed by atoms with van der Waals surface area (Å²) in [4.78, 5) is 3.91. The van der Waals surface area contributed by atoms with Crippen LogP contribution in [0, 0.1) is 0 Å². The lowest BCUT2D eigenvalue weighted by atomic mass is 10.2. The molecule has 1 aromatic heterocycles. The van der Waals surface area contributed by atoms with E-state index in [-0.39, 0.29) is 0 Å². The van der Waals surface area contributed by atoms with Crippen LogP contribution in [0.1, 0.15) is 11.1 Å². The molecule has 0 atom stereocenters. The number of pyridine rings is 1. The van der Waals surface area contributed by atoms with Gasteiger partial charge in [0, 0.05) is 11.2 Å². The zero-order chi connectivity index (χ0) is 12.1. The Hall–Kier alpha value is -1.09. The maximum atomic E-state index is 5.80. The summed E-state index contributed by atoms with van der Waals surface area (Å²) in [5.74, 6) is 0. The monoisotopic (exact) mass is 267 g/mol. The van der Waals surface area contributed by atoms with Crippen molar-refractivity contribution < 1.29 is 4.74 Å². The van der Waals surface area contributed by atoms with E-state index in [9.17, 15) is 0 Å². The Morgan fingerprint density at radius 3 is 2.35 bits per heavy atom. The molecule has 0 saturated carbocycles. The molecule has 2 aromatic rings. The summed E-state index contributed by atoms with van der Waals surface area (Å²) in [6.07, 6.45) is 1.67. The molecule has 0 saturated heterocycles. The molecular weight excluding hydrogens is 257 g/mol. The summed E-state index contributed by atoms with van der Waals surface area (Å²) in [5, 5.41) is 1.22. The van der Waals surface area contributed by atoms with Crippen LogP contribution in [-0.2, 0) is 18.0 Å². The van der Waals surface area contributed by atoms with Gasteiger partial charge in [-0.1, -0.05) is 35.3 Å². The highest BCUT2D eigenvalue weighted by Crippen LogP contribution is 2.12. The summed E-state index contributed by atoms with van der Waals surface area (Å²) in [6, 6.07) is 11.3. The second kappa shape index (κ2) is 6.01. The molecule has 0 bridgehead atoms. The second-order valence-corrected chi connectivity index (χ2v) is 4.43. The van der Waals surface area contributed by atoms with Crippen molar-refractivity contribution in [3.8, 4) is 0 Å². The van der Waals surface area contributed by atoms with E-state index in [1.54, 1.807) is 12.3 Å². The predicted octanol–water partition coefficient (Wildman–Crippen LogP) is 4.11. The number of hydrogen-bond donors (Lipinski definition) is 0. The minimum Gasteiger partial charge on any atom is -0.372 e. The van der Waals surface area contributed by atoms with Gasteiger partial charge in [0.15, 0.2) is 0 Å². The molecule has 0 radical (unpaired) electrons. The molecular formula is C13H11Cl2NO. The van der Waals surface area contributed by atoms with Gasteiger partial charge in [0.1, 0.15) is 5.15 Å². The summed E-state index contributed by atoms with van der Waals surface area (Å²) in [5.41, 5.74) is 2.11. The number of rotatable bonds is 4. The molecule has 1 heterocycles. The third kappa shape index (κ3) is 4.00. The van der Waals surface area contributed by atoms with E-state index in [1.165, 1.54) is 0 Å². The molecule has 0 amide bonds. The molecule has 0 unspecified atom stereocenters. The van der Waals surface area contributed by atoms with Crippen LogP contribution in [0.5, 0.6) is 0 Å². The topological polar surface area (TPSA) is 22.1 Å². The molecule has 0 N–H and O–H groups in total. The van der Waals surface area contributed by atoms with Crippen LogP contribution in [0.2, 0.25) is 10.2 Å². The molecule has 0 aliphatic rings. The normalized spacial score (nSPS) is 10.5. The number of aromatic nitrogens is 1. The van der Waals surface area contributed by atoms with Crippen LogP contribution >= 0.6 is 23.2 Å². The first-order valence-electron chi connectivity index (χ1n) is 5.16. The van der Waals surface area contributed by atoms with Crippen LogP contribution in [0.3, 0.4) is 0 Å². The van der Waals surface area contributed by atoms with Crippen molar-refractivity contribution in [1.29, 1.82) is 0 Å². The number of halogens is 2. The van der Waals surface area contributed by atoms with Crippen LogP contribution in [0.25, 0.3) is 0 Å². The average molecular weight is 268 g/mol. The molecule has 0 aliphatic heterocycles. The van der Waals surface area contributed by atoms with Crippen molar-refractivity contribution in [1.82, 2.24) is 4.98 Å². The Morgan fingerprint density at radius 2 is 1.65 bits per heavy atom. The molecule has 0 spiro atoms. The van der Waals surface area contributed by atoms with E-state index in [0.717, 1.165) is 16.1 Å². The lowest BCUT2D eigenvalue weighted by Gasteiger charge is -2.04. The number of ether oxygens (including phenoxy) is 1. The van der Waals surface area contributed by atoms with Crippen LogP contribution in [-0.4, -0.2) is 4.98 Å². The Balaban J connectivity index is 1.85. The van der Waals surface area contributed by atoms with Crippen molar-refractivity contribution in [2.45, 2.75) is 13.2 Å². The smallest absolute Gasteiger partial charge is 0.129 e. The molecule has 0 fully saturated rings. The van der Waals surface area contributed by atoms with E-state index in [1.807, 2.05) is 30.3 Å². The van der Waals surface area contributed by atoms with Gasteiger partial charge in [-0.05, 0) is 35.4 Å². The SMILES string of the molecule is Clc1ccc(COCc2ccnc(Cl)c2)cc1. The van der Waals surface area contributed by atoms with Gasteiger partial charge in [-0.2, -0.15) is 0 Å². The molecule has 1 aromatic carbocycles. The first-order valence-corrected chi connectivity index (χ1v) is 5.92. The van der Waals surface area contributed by atoms with Gasteiger partial charge in [-0.3, -0.25) is 0 Å². The van der Waals surface area contributed by atoms with Gasteiger partial charge in [-0.25, -0.2) is 4.98 Å². The first kappa shape index (κ1) is 12.4. The summed E-state index contributed by atoms with van der Waals surface area (Å²) >= 11 is 11.6.